The summed E-state index contributed by atoms with van der Waals surface area (Å²) in [6, 6.07) is 65.2. The fourth-order valence-corrected chi connectivity index (χ4v) is 12.8. The van der Waals surface area contributed by atoms with Crippen LogP contribution in [0.3, 0.4) is 0 Å². The zero-order valence-electron chi connectivity index (χ0n) is 36.8. The second-order valence-electron chi connectivity index (χ2n) is 18.8. The van der Waals surface area contributed by atoms with Crippen molar-refractivity contribution >= 4 is 11.3 Å². The molecule has 2 heterocycles. The quantitative estimate of drug-likeness (QED) is 0.105. The first-order chi connectivity index (χ1) is 31.0. The maximum Gasteiger partial charge on any atom is 0.0851 e. The summed E-state index contributed by atoms with van der Waals surface area (Å²) in [5.74, 6) is 1.72. The number of benzene rings is 6. The molecule has 0 radical (unpaired) electrons. The molecule has 63 heavy (non-hydrogen) atoms. The molecule has 7 aromatic rings. The number of aromatic nitrogens is 1. The number of aromatic amines is 1. The number of nitrogens with one attached hydrogen (secondary N) is 1. The topological polar surface area (TPSA) is 28.1 Å². The Morgan fingerprint density at radius 2 is 1.11 bits per heavy atom. The molecule has 2 heteroatoms. The van der Waals surface area contributed by atoms with Gasteiger partial charge in [-0.25, -0.2) is 0 Å². The molecule has 1 saturated carbocycles. The SMILES string of the molecule is Cc1cc(C)c(C(=C2C=CC(C(c3ccccc3)(c3ccccc3)[C@H]3CC4CC5=C4C[C@@H]3CCC5)=N2)c2ccc(C(c3ccccc3)(c3ccccc3)c3ccccc3)[nH]2)c(C)c1. The number of nitrogens with zero attached hydrogens (tertiary/aromatic N) is 1. The number of rotatable bonds is 10. The van der Waals surface area contributed by atoms with E-state index >= 15 is 0 Å². The van der Waals surface area contributed by atoms with Crippen LogP contribution in [0, 0.1) is 38.5 Å². The fraction of sp³-hybridized carbons (Fsp3) is 0.230. The third kappa shape index (κ3) is 6.40. The van der Waals surface area contributed by atoms with Crippen molar-refractivity contribution in [1.82, 2.24) is 4.98 Å². The van der Waals surface area contributed by atoms with Gasteiger partial charge in [0.1, 0.15) is 0 Å². The molecule has 3 aliphatic carbocycles. The summed E-state index contributed by atoms with van der Waals surface area (Å²) in [5, 5.41) is 0. The van der Waals surface area contributed by atoms with Gasteiger partial charge in [-0.05, 0) is 146 Å². The van der Waals surface area contributed by atoms with E-state index < -0.39 is 10.8 Å². The van der Waals surface area contributed by atoms with E-state index in [1.165, 1.54) is 88.6 Å². The molecule has 0 saturated heterocycles. The van der Waals surface area contributed by atoms with Gasteiger partial charge in [0, 0.05) is 17.0 Å². The second kappa shape index (κ2) is 16.0. The molecule has 11 rings (SSSR count). The van der Waals surface area contributed by atoms with Crippen molar-refractivity contribution in [3.8, 4) is 0 Å². The van der Waals surface area contributed by atoms with Crippen molar-refractivity contribution in [2.24, 2.45) is 22.7 Å². The predicted octanol–water partition coefficient (Wildman–Crippen LogP) is 14.6. The zero-order chi connectivity index (χ0) is 42.5. The lowest BCUT2D eigenvalue weighted by Gasteiger charge is -2.52. The molecule has 4 aliphatic rings. The van der Waals surface area contributed by atoms with Crippen molar-refractivity contribution in [1.29, 1.82) is 0 Å². The van der Waals surface area contributed by atoms with E-state index in [4.69, 9.17) is 4.99 Å². The van der Waals surface area contributed by atoms with Crippen LogP contribution in [-0.2, 0) is 10.8 Å². The minimum atomic E-state index is -0.598. The second-order valence-corrected chi connectivity index (χ2v) is 18.8. The largest absolute Gasteiger partial charge is 0.357 e. The highest BCUT2D eigenvalue weighted by Gasteiger charge is 2.54. The molecular formula is C61H56N2. The van der Waals surface area contributed by atoms with Crippen LogP contribution in [0.15, 0.2) is 210 Å². The minimum Gasteiger partial charge on any atom is -0.357 e. The van der Waals surface area contributed by atoms with Gasteiger partial charge in [-0.1, -0.05) is 181 Å². The molecule has 3 atom stereocenters. The smallest absolute Gasteiger partial charge is 0.0851 e. The van der Waals surface area contributed by atoms with Gasteiger partial charge in [0.05, 0.1) is 22.2 Å². The van der Waals surface area contributed by atoms with Crippen LogP contribution in [0.5, 0.6) is 0 Å². The van der Waals surface area contributed by atoms with E-state index in [0.29, 0.717) is 17.8 Å². The molecule has 2 nitrogen and oxygen atoms in total. The third-order valence-electron chi connectivity index (χ3n) is 15.3. The van der Waals surface area contributed by atoms with Crippen LogP contribution >= 0.6 is 0 Å². The van der Waals surface area contributed by atoms with Gasteiger partial charge in [0.2, 0.25) is 0 Å². The van der Waals surface area contributed by atoms with E-state index in [9.17, 15) is 0 Å². The Hall–Kier alpha value is -6.51. The van der Waals surface area contributed by atoms with Gasteiger partial charge >= 0.3 is 0 Å². The van der Waals surface area contributed by atoms with Crippen LogP contribution in [0.1, 0.15) is 100.0 Å². The number of aliphatic imine (C=N–C) groups is 1. The lowest BCUT2D eigenvalue weighted by Crippen LogP contribution is -2.49. The summed E-state index contributed by atoms with van der Waals surface area (Å²) in [4.78, 5) is 10.2. The first-order valence-electron chi connectivity index (χ1n) is 23.2. The summed E-state index contributed by atoms with van der Waals surface area (Å²) in [7, 11) is 0. The molecule has 1 N–H and O–H groups in total. The Morgan fingerprint density at radius 1 is 0.587 bits per heavy atom. The van der Waals surface area contributed by atoms with E-state index in [1.54, 1.807) is 11.1 Å². The molecule has 1 fully saturated rings. The van der Waals surface area contributed by atoms with E-state index in [2.05, 4.69) is 214 Å². The maximum atomic E-state index is 6.01. The average molecular weight is 817 g/mol. The Labute approximate surface area is 373 Å². The van der Waals surface area contributed by atoms with Crippen molar-refractivity contribution in [3.05, 3.63) is 266 Å². The average Bonchev–Trinajstić information content (AvgIpc) is 4.00. The van der Waals surface area contributed by atoms with Gasteiger partial charge in [-0.3, -0.25) is 4.99 Å². The summed E-state index contributed by atoms with van der Waals surface area (Å²) in [5.41, 5.74) is 19.5. The van der Waals surface area contributed by atoms with Crippen molar-refractivity contribution in [2.75, 3.05) is 0 Å². The highest BCUT2D eigenvalue weighted by molar-refractivity contribution is 6.10. The molecule has 0 spiro atoms. The Bertz CT molecular complexity index is 2750. The van der Waals surface area contributed by atoms with E-state index in [1.807, 2.05) is 0 Å². The van der Waals surface area contributed by atoms with E-state index in [-0.39, 0.29) is 0 Å². The number of aryl methyl sites for hydroxylation is 3. The molecule has 310 valence electrons. The van der Waals surface area contributed by atoms with Crippen molar-refractivity contribution in [2.45, 2.75) is 70.1 Å². The first kappa shape index (κ1) is 39.3. The maximum absolute atomic E-state index is 6.01. The normalized spacial score (nSPS) is 20.2. The summed E-state index contributed by atoms with van der Waals surface area (Å²) in [6.07, 6.45) is 12.3. The van der Waals surface area contributed by atoms with Crippen molar-refractivity contribution < 1.29 is 0 Å². The van der Waals surface area contributed by atoms with Crippen LogP contribution in [0.2, 0.25) is 0 Å². The van der Waals surface area contributed by atoms with Gasteiger partial charge in [0.15, 0.2) is 0 Å². The van der Waals surface area contributed by atoms with Gasteiger partial charge in [0.25, 0.3) is 0 Å². The number of hydrogen-bond acceptors (Lipinski definition) is 1. The van der Waals surface area contributed by atoms with Crippen molar-refractivity contribution in [3.63, 3.8) is 0 Å². The highest BCUT2D eigenvalue weighted by Crippen LogP contribution is 2.60. The molecule has 0 amide bonds. The van der Waals surface area contributed by atoms with Crippen LogP contribution in [0.4, 0.5) is 0 Å². The number of H-pyrrole nitrogens is 1. The lowest BCUT2D eigenvalue weighted by atomic mass is 9.51. The summed E-state index contributed by atoms with van der Waals surface area (Å²) in [6.45, 7) is 6.76. The molecule has 1 unspecified atom stereocenters. The monoisotopic (exact) mass is 816 g/mol. The van der Waals surface area contributed by atoms with Crippen LogP contribution < -0.4 is 0 Å². The van der Waals surface area contributed by atoms with Gasteiger partial charge < -0.3 is 4.98 Å². The van der Waals surface area contributed by atoms with Gasteiger partial charge in [-0.15, -0.1) is 0 Å². The van der Waals surface area contributed by atoms with Crippen LogP contribution in [-0.4, -0.2) is 10.7 Å². The molecule has 1 aliphatic heterocycles. The Balaban J connectivity index is 1.17. The summed E-state index contributed by atoms with van der Waals surface area (Å²) < 4.78 is 0. The summed E-state index contributed by atoms with van der Waals surface area (Å²) >= 11 is 0. The Kier molecular flexibility index (Phi) is 9.99. The Morgan fingerprint density at radius 3 is 1.65 bits per heavy atom. The molecule has 6 aromatic carbocycles. The number of allylic oxidation sites excluding steroid dienone is 4. The number of fused-ring (bicyclic) bond motifs is 1. The van der Waals surface area contributed by atoms with E-state index in [0.717, 1.165) is 28.4 Å². The predicted molar refractivity (Wildman–Crippen MR) is 261 cm³/mol. The minimum absolute atomic E-state index is 0.413. The fourth-order valence-electron chi connectivity index (χ4n) is 12.8. The van der Waals surface area contributed by atoms with Gasteiger partial charge in [-0.2, -0.15) is 0 Å². The zero-order valence-corrected chi connectivity index (χ0v) is 36.8. The molecular weight excluding hydrogens is 761 g/mol. The first-order valence-corrected chi connectivity index (χ1v) is 23.2. The standard InChI is InChI=1S/C61H56N2/c1-41-36-42(2)58(43(3)37-41)59(54-32-34-56(62-54)60(47-22-9-4-10-23-47,48-24-11-5-12-25-48)49-26-13-6-14-27-49)55-33-35-57(63-55)61(50-28-15-7-16-29-50,51-30-17-8-18-31-51)53-40-46-38-44-20-19-21-45(53)39-52(44)46/h4-18,22-37,45-46,53,62H,19-21,38-40H2,1-3H3/t45-,46?,53-/m0/s1. The van der Waals surface area contributed by atoms with Crippen LogP contribution in [0.25, 0.3) is 5.57 Å². The molecule has 1 aromatic heterocycles. The lowest BCUT2D eigenvalue weighted by molar-refractivity contribution is 0.168. The number of hydrogen-bond donors (Lipinski definition) is 1. The molecule has 2 bridgehead atoms. The highest BCUT2D eigenvalue weighted by atomic mass is 14.8. The third-order valence-corrected chi connectivity index (χ3v) is 15.3.